The van der Waals surface area contributed by atoms with E-state index in [-0.39, 0.29) is 18.7 Å². The zero-order valence-corrected chi connectivity index (χ0v) is 15.0. The van der Waals surface area contributed by atoms with Crippen LogP contribution in [0.25, 0.3) is 0 Å². The highest BCUT2D eigenvalue weighted by Gasteiger charge is 2.36. The molecule has 1 aromatic carbocycles. The van der Waals surface area contributed by atoms with Crippen LogP contribution in [0.4, 0.5) is 9.59 Å². The molecular formula is C18H27N3O4. The van der Waals surface area contributed by atoms with Crippen molar-refractivity contribution in [3.63, 3.8) is 0 Å². The molecule has 0 aliphatic carbocycles. The minimum Gasteiger partial charge on any atom is -0.445 e. The summed E-state index contributed by atoms with van der Waals surface area (Å²) < 4.78 is 10.6. The summed E-state index contributed by atoms with van der Waals surface area (Å²) in [5, 5.41) is 2.79. The standard InChI is InChI=1S/C18H27N3O4/c1-18(2,3)25-16(22)20-14-9-15(10-19)21(11-14)17(23)24-12-13-7-5-4-6-8-13/h4-8,14-15H,9-12,19H2,1-3H3,(H,20,22)/t14-,15-/m0/s1. The van der Waals surface area contributed by atoms with Gasteiger partial charge in [-0.2, -0.15) is 0 Å². The lowest BCUT2D eigenvalue weighted by Gasteiger charge is -2.23. The van der Waals surface area contributed by atoms with Gasteiger partial charge in [-0.05, 0) is 32.8 Å². The Bertz CT molecular complexity index is 586. The van der Waals surface area contributed by atoms with E-state index in [1.807, 2.05) is 30.3 Å². The van der Waals surface area contributed by atoms with E-state index in [9.17, 15) is 9.59 Å². The summed E-state index contributed by atoms with van der Waals surface area (Å²) >= 11 is 0. The van der Waals surface area contributed by atoms with Crippen molar-refractivity contribution in [2.24, 2.45) is 5.73 Å². The predicted octanol–water partition coefficient (Wildman–Crippen LogP) is 2.25. The molecule has 1 aliphatic heterocycles. The third-order valence-electron chi connectivity index (χ3n) is 3.85. The van der Waals surface area contributed by atoms with E-state index in [1.54, 1.807) is 25.7 Å². The number of carbonyl (C=O) groups excluding carboxylic acids is 2. The molecule has 0 radical (unpaired) electrons. The van der Waals surface area contributed by atoms with Crippen molar-refractivity contribution in [1.29, 1.82) is 0 Å². The highest BCUT2D eigenvalue weighted by molar-refractivity contribution is 5.70. The number of nitrogens with two attached hydrogens (primary N) is 1. The van der Waals surface area contributed by atoms with Gasteiger partial charge in [0, 0.05) is 19.1 Å². The van der Waals surface area contributed by atoms with Crippen molar-refractivity contribution < 1.29 is 19.1 Å². The summed E-state index contributed by atoms with van der Waals surface area (Å²) in [5.41, 5.74) is 6.12. The third-order valence-corrected chi connectivity index (χ3v) is 3.85. The highest BCUT2D eigenvalue weighted by atomic mass is 16.6. The van der Waals surface area contributed by atoms with Gasteiger partial charge in [0.25, 0.3) is 0 Å². The molecule has 7 heteroatoms. The Balaban J connectivity index is 1.87. The second kappa shape index (κ2) is 8.20. The van der Waals surface area contributed by atoms with Gasteiger partial charge in [0.15, 0.2) is 0 Å². The smallest absolute Gasteiger partial charge is 0.410 e. The first kappa shape index (κ1) is 19.1. The zero-order valence-electron chi connectivity index (χ0n) is 15.0. The molecule has 0 bridgehead atoms. The van der Waals surface area contributed by atoms with Crippen molar-refractivity contribution in [3.8, 4) is 0 Å². The van der Waals surface area contributed by atoms with E-state index in [2.05, 4.69) is 5.32 Å². The van der Waals surface area contributed by atoms with E-state index in [1.165, 1.54) is 0 Å². The summed E-state index contributed by atoms with van der Waals surface area (Å²) in [6, 6.07) is 9.11. The summed E-state index contributed by atoms with van der Waals surface area (Å²) in [4.78, 5) is 25.8. The van der Waals surface area contributed by atoms with Crippen LogP contribution in [0.5, 0.6) is 0 Å². The van der Waals surface area contributed by atoms with Crippen molar-refractivity contribution in [1.82, 2.24) is 10.2 Å². The summed E-state index contributed by atoms with van der Waals surface area (Å²) in [6.45, 7) is 6.28. The quantitative estimate of drug-likeness (QED) is 0.869. The Morgan fingerprint density at radius 3 is 2.56 bits per heavy atom. The van der Waals surface area contributed by atoms with Crippen molar-refractivity contribution >= 4 is 12.2 Å². The average Bonchev–Trinajstić information content (AvgIpc) is 2.94. The molecule has 0 spiro atoms. The molecule has 3 N–H and O–H groups in total. The minimum absolute atomic E-state index is 0.164. The first-order chi connectivity index (χ1) is 11.8. The Labute approximate surface area is 148 Å². The molecule has 0 unspecified atom stereocenters. The topological polar surface area (TPSA) is 93.9 Å². The zero-order chi connectivity index (χ0) is 18.4. The van der Waals surface area contributed by atoms with Gasteiger partial charge in [-0.3, -0.25) is 0 Å². The normalized spacial score (nSPS) is 20.2. The fourth-order valence-corrected chi connectivity index (χ4v) is 2.74. The number of carbonyl (C=O) groups is 2. The van der Waals surface area contributed by atoms with Gasteiger partial charge in [-0.25, -0.2) is 9.59 Å². The molecule has 0 aromatic heterocycles. The maximum Gasteiger partial charge on any atom is 0.410 e. The van der Waals surface area contributed by atoms with Crippen LogP contribution in [-0.2, 0) is 16.1 Å². The molecule has 0 saturated carbocycles. The van der Waals surface area contributed by atoms with Crippen LogP contribution in [-0.4, -0.2) is 47.9 Å². The summed E-state index contributed by atoms with van der Waals surface area (Å²) in [6.07, 6.45) is -0.337. The lowest BCUT2D eigenvalue weighted by atomic mass is 10.2. The molecule has 25 heavy (non-hydrogen) atoms. The van der Waals surface area contributed by atoms with Gasteiger partial charge in [0.2, 0.25) is 0 Å². The van der Waals surface area contributed by atoms with Gasteiger partial charge in [0.1, 0.15) is 12.2 Å². The number of nitrogens with zero attached hydrogens (tertiary/aromatic N) is 1. The summed E-state index contributed by atoms with van der Waals surface area (Å²) in [5.74, 6) is 0. The van der Waals surface area contributed by atoms with Crippen LogP contribution < -0.4 is 11.1 Å². The number of amides is 2. The van der Waals surface area contributed by atoms with E-state index >= 15 is 0 Å². The molecule has 2 rings (SSSR count). The van der Waals surface area contributed by atoms with Crippen molar-refractivity contribution in [2.45, 2.75) is 51.5 Å². The Morgan fingerprint density at radius 2 is 1.96 bits per heavy atom. The first-order valence-corrected chi connectivity index (χ1v) is 8.45. The molecule has 1 saturated heterocycles. The predicted molar refractivity (Wildman–Crippen MR) is 94.0 cm³/mol. The SMILES string of the molecule is CC(C)(C)OC(=O)N[C@H]1C[C@@H](CN)N(C(=O)OCc2ccccc2)C1. The van der Waals surface area contributed by atoms with Crippen LogP contribution in [0.15, 0.2) is 30.3 Å². The number of ether oxygens (including phenoxy) is 2. The number of nitrogens with one attached hydrogen (secondary N) is 1. The molecule has 1 aliphatic rings. The first-order valence-electron chi connectivity index (χ1n) is 8.45. The fraction of sp³-hybridized carbons (Fsp3) is 0.556. The van der Waals surface area contributed by atoms with E-state index in [0.717, 1.165) is 5.56 Å². The van der Waals surface area contributed by atoms with Gasteiger partial charge in [0.05, 0.1) is 6.04 Å². The Morgan fingerprint density at radius 1 is 1.28 bits per heavy atom. The molecule has 138 valence electrons. The van der Waals surface area contributed by atoms with Gasteiger partial charge in [-0.1, -0.05) is 30.3 Å². The second-order valence-corrected chi connectivity index (χ2v) is 7.16. The molecule has 2 atom stereocenters. The third kappa shape index (κ3) is 5.94. The molecule has 1 heterocycles. The maximum atomic E-state index is 12.4. The number of alkyl carbamates (subject to hydrolysis) is 1. The van der Waals surface area contributed by atoms with Crippen LogP contribution in [0, 0.1) is 0 Å². The summed E-state index contributed by atoms with van der Waals surface area (Å²) in [7, 11) is 0. The van der Waals surface area contributed by atoms with Crippen molar-refractivity contribution in [2.75, 3.05) is 13.1 Å². The number of rotatable bonds is 4. The van der Waals surface area contributed by atoms with Gasteiger partial charge >= 0.3 is 12.2 Å². The minimum atomic E-state index is -0.565. The van der Waals surface area contributed by atoms with Crippen LogP contribution in [0.2, 0.25) is 0 Å². The Kier molecular flexibility index (Phi) is 6.25. The fourth-order valence-electron chi connectivity index (χ4n) is 2.74. The molecular weight excluding hydrogens is 322 g/mol. The monoisotopic (exact) mass is 349 g/mol. The van der Waals surface area contributed by atoms with Crippen LogP contribution in [0.3, 0.4) is 0 Å². The molecule has 1 aromatic rings. The number of likely N-dealkylation sites (tertiary alicyclic amines) is 1. The molecule has 7 nitrogen and oxygen atoms in total. The average molecular weight is 349 g/mol. The van der Waals surface area contributed by atoms with E-state index in [4.69, 9.17) is 15.2 Å². The van der Waals surface area contributed by atoms with Crippen LogP contribution in [0.1, 0.15) is 32.8 Å². The van der Waals surface area contributed by atoms with Crippen LogP contribution >= 0.6 is 0 Å². The lowest BCUT2D eigenvalue weighted by Crippen LogP contribution is -2.42. The molecule has 1 fully saturated rings. The van der Waals surface area contributed by atoms with Crippen molar-refractivity contribution in [3.05, 3.63) is 35.9 Å². The van der Waals surface area contributed by atoms with E-state index in [0.29, 0.717) is 19.5 Å². The number of benzene rings is 1. The maximum absolute atomic E-state index is 12.4. The van der Waals surface area contributed by atoms with Gasteiger partial charge < -0.3 is 25.4 Å². The Hall–Kier alpha value is -2.28. The number of hydrogen-bond donors (Lipinski definition) is 2. The largest absolute Gasteiger partial charge is 0.445 e. The van der Waals surface area contributed by atoms with Gasteiger partial charge in [-0.15, -0.1) is 0 Å². The second-order valence-electron chi connectivity index (χ2n) is 7.16. The molecule has 2 amide bonds. The number of hydrogen-bond acceptors (Lipinski definition) is 5. The van der Waals surface area contributed by atoms with E-state index < -0.39 is 17.8 Å². The lowest BCUT2D eigenvalue weighted by molar-refractivity contribution is 0.0502. The highest BCUT2D eigenvalue weighted by Crippen LogP contribution is 2.19.